The summed E-state index contributed by atoms with van der Waals surface area (Å²) in [6.45, 7) is 1.76. The van der Waals surface area contributed by atoms with E-state index in [1.165, 1.54) is 0 Å². The van der Waals surface area contributed by atoms with Crippen molar-refractivity contribution in [3.63, 3.8) is 0 Å². The first-order chi connectivity index (χ1) is 5.59. The number of nitrogens with two attached hydrogens (primary N) is 1. The van der Waals surface area contributed by atoms with E-state index in [1.54, 1.807) is 6.92 Å². The molecule has 13 heavy (non-hydrogen) atoms. The van der Waals surface area contributed by atoms with Crippen LogP contribution in [0.1, 0.15) is 6.92 Å². The van der Waals surface area contributed by atoms with Crippen LogP contribution in [0, 0.1) is 0 Å². The molecular weight excluding hydrogens is 319 g/mol. The van der Waals surface area contributed by atoms with Gasteiger partial charge in [0, 0.05) is 8.95 Å². The van der Waals surface area contributed by atoms with Crippen molar-refractivity contribution < 1.29 is 0 Å². The molecule has 0 amide bonds. The number of rotatable bonds is 1. The van der Waals surface area contributed by atoms with Crippen molar-refractivity contribution in [1.29, 1.82) is 0 Å². The van der Waals surface area contributed by atoms with E-state index in [2.05, 4.69) is 36.9 Å². The molecule has 0 spiro atoms. The molecule has 5 heteroatoms. The third-order valence-electron chi connectivity index (χ3n) is 1.21. The van der Waals surface area contributed by atoms with Gasteiger partial charge in [0.15, 0.2) is 0 Å². The van der Waals surface area contributed by atoms with Gasteiger partial charge in [-0.1, -0.05) is 15.9 Å². The van der Waals surface area contributed by atoms with Crippen LogP contribution in [0.3, 0.4) is 0 Å². The molecule has 0 aliphatic carbocycles. The quantitative estimate of drug-likeness (QED) is 0.620. The van der Waals surface area contributed by atoms with Gasteiger partial charge in [0.1, 0.15) is 0 Å². The highest BCUT2D eigenvalue weighted by Gasteiger charge is 1.97. The van der Waals surface area contributed by atoms with Gasteiger partial charge in [-0.2, -0.15) is 0 Å². The minimum absolute atomic E-state index is 0. The van der Waals surface area contributed by atoms with Gasteiger partial charge in [0.2, 0.25) is 0 Å². The zero-order valence-corrected chi connectivity index (χ0v) is 10.9. The molecule has 0 aliphatic rings. The van der Waals surface area contributed by atoms with Crippen LogP contribution in [0.15, 0.2) is 32.1 Å². The van der Waals surface area contributed by atoms with Crippen LogP contribution in [0.4, 0.5) is 5.69 Å². The minimum Gasteiger partial charge on any atom is -0.387 e. The summed E-state index contributed by atoms with van der Waals surface area (Å²) in [4.78, 5) is 4.13. The van der Waals surface area contributed by atoms with Crippen LogP contribution in [0.2, 0.25) is 0 Å². The Kier molecular flexibility index (Phi) is 5.60. The molecule has 0 atom stereocenters. The number of aliphatic imine (C=N–C) groups is 1. The van der Waals surface area contributed by atoms with Gasteiger partial charge in [0.05, 0.1) is 11.5 Å². The molecular formula is C8H9Br2ClN2. The molecule has 0 fully saturated rings. The summed E-state index contributed by atoms with van der Waals surface area (Å²) in [6.07, 6.45) is 0. The zero-order valence-electron chi connectivity index (χ0n) is 6.92. The van der Waals surface area contributed by atoms with E-state index in [4.69, 9.17) is 5.73 Å². The Labute approximate surface area is 100 Å². The summed E-state index contributed by atoms with van der Waals surface area (Å²) < 4.78 is 1.95. The van der Waals surface area contributed by atoms with E-state index < -0.39 is 0 Å². The Morgan fingerprint density at radius 2 is 2.00 bits per heavy atom. The molecule has 0 aliphatic heterocycles. The van der Waals surface area contributed by atoms with Gasteiger partial charge >= 0.3 is 0 Å². The summed E-state index contributed by atoms with van der Waals surface area (Å²) in [6, 6.07) is 5.75. The first-order valence-corrected chi connectivity index (χ1v) is 4.94. The Balaban J connectivity index is 0.00000144. The SMILES string of the molecule is CC(N)=Nc1ccc(Br)cc1Br.Cl. The summed E-state index contributed by atoms with van der Waals surface area (Å²) >= 11 is 6.74. The number of hydrogen-bond donors (Lipinski definition) is 1. The summed E-state index contributed by atoms with van der Waals surface area (Å²) in [7, 11) is 0. The summed E-state index contributed by atoms with van der Waals surface area (Å²) in [5, 5.41) is 0. The van der Waals surface area contributed by atoms with Crippen molar-refractivity contribution in [2.45, 2.75) is 6.92 Å². The lowest BCUT2D eigenvalue weighted by Crippen LogP contribution is -2.03. The highest BCUT2D eigenvalue weighted by molar-refractivity contribution is 9.11. The lowest BCUT2D eigenvalue weighted by Gasteiger charge is -1.99. The van der Waals surface area contributed by atoms with Crippen molar-refractivity contribution in [2.24, 2.45) is 10.7 Å². The Hall–Kier alpha value is -0.0600. The molecule has 2 nitrogen and oxygen atoms in total. The summed E-state index contributed by atoms with van der Waals surface area (Å²) in [5.74, 6) is 0.554. The topological polar surface area (TPSA) is 38.4 Å². The van der Waals surface area contributed by atoms with Crippen LogP contribution < -0.4 is 5.73 Å². The maximum absolute atomic E-state index is 5.45. The average molecular weight is 328 g/mol. The number of nitrogens with zero attached hydrogens (tertiary/aromatic N) is 1. The van der Waals surface area contributed by atoms with Crippen molar-refractivity contribution >= 4 is 55.8 Å². The second-order valence-corrected chi connectivity index (χ2v) is 4.12. The molecule has 72 valence electrons. The van der Waals surface area contributed by atoms with Crippen molar-refractivity contribution in [1.82, 2.24) is 0 Å². The van der Waals surface area contributed by atoms with Crippen molar-refractivity contribution in [2.75, 3.05) is 0 Å². The van der Waals surface area contributed by atoms with E-state index in [-0.39, 0.29) is 12.4 Å². The number of benzene rings is 1. The average Bonchev–Trinajstić information content (AvgIpc) is 1.94. The molecule has 1 aromatic carbocycles. The molecule has 0 heterocycles. The molecule has 0 aromatic heterocycles. The third-order valence-corrected chi connectivity index (χ3v) is 2.33. The fourth-order valence-electron chi connectivity index (χ4n) is 0.762. The van der Waals surface area contributed by atoms with E-state index >= 15 is 0 Å². The molecule has 0 saturated heterocycles. The van der Waals surface area contributed by atoms with Crippen molar-refractivity contribution in [3.05, 3.63) is 27.1 Å². The fourth-order valence-corrected chi connectivity index (χ4v) is 1.90. The first-order valence-electron chi connectivity index (χ1n) is 3.35. The van der Waals surface area contributed by atoms with Crippen LogP contribution in [0.5, 0.6) is 0 Å². The maximum atomic E-state index is 5.45. The smallest absolute Gasteiger partial charge is 0.0965 e. The highest BCUT2D eigenvalue weighted by Crippen LogP contribution is 2.28. The van der Waals surface area contributed by atoms with Gasteiger partial charge in [-0.05, 0) is 41.1 Å². The van der Waals surface area contributed by atoms with Gasteiger partial charge in [-0.3, -0.25) is 0 Å². The predicted molar refractivity (Wildman–Crippen MR) is 66.0 cm³/mol. The van der Waals surface area contributed by atoms with Crippen LogP contribution in [-0.2, 0) is 0 Å². The predicted octanol–water partition coefficient (Wildman–Crippen LogP) is 3.64. The lowest BCUT2D eigenvalue weighted by atomic mass is 10.3. The van der Waals surface area contributed by atoms with E-state index in [1.807, 2.05) is 18.2 Å². The lowest BCUT2D eigenvalue weighted by molar-refractivity contribution is 1.42. The summed E-state index contributed by atoms with van der Waals surface area (Å²) in [5.41, 5.74) is 6.29. The third kappa shape index (κ3) is 4.11. The fraction of sp³-hybridized carbons (Fsp3) is 0.125. The molecule has 0 bridgehead atoms. The van der Waals surface area contributed by atoms with Crippen molar-refractivity contribution in [3.8, 4) is 0 Å². The number of hydrogen-bond acceptors (Lipinski definition) is 1. The Morgan fingerprint density at radius 3 is 2.46 bits per heavy atom. The molecule has 1 rings (SSSR count). The standard InChI is InChI=1S/C8H8Br2N2.ClH/c1-5(11)12-8-3-2-6(9)4-7(8)10;/h2-4H,1H3,(H2,11,12);1H. The van der Waals surface area contributed by atoms with E-state index in [0.29, 0.717) is 5.84 Å². The van der Waals surface area contributed by atoms with Crippen LogP contribution in [-0.4, -0.2) is 5.84 Å². The first kappa shape index (κ1) is 12.9. The van der Waals surface area contributed by atoms with Gasteiger partial charge in [-0.25, -0.2) is 4.99 Å². The molecule has 0 saturated carbocycles. The van der Waals surface area contributed by atoms with Crippen LogP contribution in [0.25, 0.3) is 0 Å². The molecule has 0 radical (unpaired) electrons. The zero-order chi connectivity index (χ0) is 9.14. The highest BCUT2D eigenvalue weighted by atomic mass is 79.9. The van der Waals surface area contributed by atoms with E-state index in [9.17, 15) is 0 Å². The van der Waals surface area contributed by atoms with E-state index in [0.717, 1.165) is 14.6 Å². The van der Waals surface area contributed by atoms with Crippen LogP contribution >= 0.6 is 44.3 Å². The monoisotopic (exact) mass is 326 g/mol. The second kappa shape index (κ2) is 5.62. The van der Waals surface area contributed by atoms with Gasteiger partial charge in [0.25, 0.3) is 0 Å². The Bertz CT molecular complexity index is 322. The number of halogens is 3. The van der Waals surface area contributed by atoms with Gasteiger partial charge < -0.3 is 5.73 Å². The van der Waals surface area contributed by atoms with Gasteiger partial charge in [-0.15, -0.1) is 12.4 Å². The largest absolute Gasteiger partial charge is 0.387 e. The minimum atomic E-state index is 0. The Morgan fingerprint density at radius 1 is 1.38 bits per heavy atom. The molecule has 2 N–H and O–H groups in total. The molecule has 1 aromatic rings. The molecule has 0 unspecified atom stereocenters. The normalized spacial score (nSPS) is 10.8. The maximum Gasteiger partial charge on any atom is 0.0965 e. The number of amidine groups is 1. The second-order valence-electron chi connectivity index (χ2n) is 2.35.